The molecule has 32 heavy (non-hydrogen) atoms. The maximum atomic E-state index is 13.9. The third-order valence-electron chi connectivity index (χ3n) is 6.64. The Hall–Kier alpha value is -2.80. The quantitative estimate of drug-likeness (QED) is 0.595. The van der Waals surface area contributed by atoms with E-state index in [0.29, 0.717) is 11.4 Å². The van der Waals surface area contributed by atoms with Crippen molar-refractivity contribution < 1.29 is 14.0 Å². The van der Waals surface area contributed by atoms with Crippen molar-refractivity contribution in [3.63, 3.8) is 0 Å². The fourth-order valence-corrected chi connectivity index (χ4v) is 6.01. The minimum absolute atomic E-state index is 0.123. The van der Waals surface area contributed by atoms with Gasteiger partial charge in [-0.2, -0.15) is 0 Å². The summed E-state index contributed by atoms with van der Waals surface area (Å²) < 4.78 is 13.5. The van der Waals surface area contributed by atoms with Crippen LogP contribution in [-0.4, -0.2) is 39.0 Å². The van der Waals surface area contributed by atoms with Crippen LogP contribution in [0.25, 0.3) is 10.9 Å². The first-order valence-electron chi connectivity index (χ1n) is 11.1. The predicted octanol–water partition coefficient (Wildman–Crippen LogP) is 4.87. The van der Waals surface area contributed by atoms with Crippen molar-refractivity contribution >= 4 is 34.5 Å². The number of H-pyrrole nitrogens is 1. The third-order valence-corrected chi connectivity index (χ3v) is 8.06. The Morgan fingerprint density at radius 3 is 2.66 bits per heavy atom. The Kier molecular flexibility index (Phi) is 5.45. The normalized spacial score (nSPS) is 21.6. The number of thioether (sulfide) groups is 1. The lowest BCUT2D eigenvalue weighted by molar-refractivity contribution is -0.131. The van der Waals surface area contributed by atoms with Crippen LogP contribution in [0, 0.1) is 5.82 Å². The van der Waals surface area contributed by atoms with Crippen molar-refractivity contribution in [2.24, 2.45) is 0 Å². The van der Waals surface area contributed by atoms with E-state index >= 15 is 0 Å². The van der Waals surface area contributed by atoms with Gasteiger partial charge in [0.2, 0.25) is 5.91 Å². The zero-order valence-corrected chi connectivity index (χ0v) is 18.8. The molecule has 2 heterocycles. The number of benzene rings is 2. The smallest absolute Gasteiger partial charge is 0.272 e. The number of hydrogen-bond acceptors (Lipinski definition) is 3. The van der Waals surface area contributed by atoms with Gasteiger partial charge in [0.15, 0.2) is 0 Å². The zero-order valence-electron chi connectivity index (χ0n) is 18.0. The number of nitrogens with zero attached hydrogens (tertiary/aromatic N) is 1. The first kappa shape index (κ1) is 21.1. The van der Waals surface area contributed by atoms with Crippen LogP contribution in [0.2, 0.25) is 0 Å². The number of para-hydroxylation sites is 1. The molecule has 0 bridgehead atoms. The predicted molar refractivity (Wildman–Crippen MR) is 124 cm³/mol. The van der Waals surface area contributed by atoms with Crippen molar-refractivity contribution in [1.82, 2.24) is 15.2 Å². The molecule has 166 valence electrons. The zero-order chi connectivity index (χ0) is 22.3. The van der Waals surface area contributed by atoms with Gasteiger partial charge in [0, 0.05) is 34.1 Å². The number of carbonyl (C=O) groups is 2. The van der Waals surface area contributed by atoms with Crippen molar-refractivity contribution in [2.45, 2.75) is 55.6 Å². The number of amides is 2. The summed E-state index contributed by atoms with van der Waals surface area (Å²) in [6.07, 6.45) is 4.19. The Labute approximate surface area is 190 Å². The third kappa shape index (κ3) is 3.68. The summed E-state index contributed by atoms with van der Waals surface area (Å²) in [5.41, 5.74) is 1.15. The van der Waals surface area contributed by atoms with Crippen LogP contribution in [-0.2, 0) is 11.3 Å². The van der Waals surface area contributed by atoms with Gasteiger partial charge in [-0.15, -0.1) is 11.8 Å². The number of nitrogens with one attached hydrogen (secondary N) is 2. The lowest BCUT2D eigenvalue weighted by Gasteiger charge is -2.39. The number of carbonyl (C=O) groups excluding carboxylic acids is 2. The van der Waals surface area contributed by atoms with Gasteiger partial charge in [-0.05, 0) is 43.5 Å². The number of fused-ring (bicyclic) bond motifs is 3. The number of rotatable bonds is 4. The van der Waals surface area contributed by atoms with Gasteiger partial charge in [-0.25, -0.2) is 4.39 Å². The monoisotopic (exact) mass is 451 g/mol. The summed E-state index contributed by atoms with van der Waals surface area (Å²) in [5.74, 6) is -0.226. The molecule has 0 radical (unpaired) electrons. The Balaban J connectivity index is 1.55. The molecule has 0 saturated heterocycles. The molecule has 1 unspecified atom stereocenters. The van der Waals surface area contributed by atoms with E-state index in [1.165, 1.54) is 12.1 Å². The van der Waals surface area contributed by atoms with Crippen molar-refractivity contribution in [1.29, 1.82) is 0 Å². The molecule has 1 aromatic heterocycles. The first-order valence-corrected chi connectivity index (χ1v) is 12.1. The highest BCUT2D eigenvalue weighted by Crippen LogP contribution is 2.40. The standard InChI is InChI=1S/C25H26FN3O2S/c1-25(24(31)27-18-6-2-3-7-18)15-32-22-19-8-4-5-9-20(19)28-21(22)23(30)29(25)14-16-10-12-17(26)13-11-16/h4-5,8-13,18,28H,2-3,6-7,14-15H2,1H3,(H,27,31). The topological polar surface area (TPSA) is 65.2 Å². The molecule has 7 heteroatoms. The highest BCUT2D eigenvalue weighted by Gasteiger charge is 2.46. The average molecular weight is 452 g/mol. The molecule has 1 aliphatic carbocycles. The number of halogens is 1. The Morgan fingerprint density at radius 1 is 1.19 bits per heavy atom. The summed E-state index contributed by atoms with van der Waals surface area (Å²) in [4.78, 5) is 33.2. The summed E-state index contributed by atoms with van der Waals surface area (Å²) in [7, 11) is 0. The molecule has 1 atom stereocenters. The summed E-state index contributed by atoms with van der Waals surface area (Å²) in [6.45, 7) is 2.07. The lowest BCUT2D eigenvalue weighted by Crippen LogP contribution is -2.60. The minimum Gasteiger partial charge on any atom is -0.351 e. The molecular weight excluding hydrogens is 425 g/mol. The van der Waals surface area contributed by atoms with E-state index in [0.717, 1.165) is 47.0 Å². The van der Waals surface area contributed by atoms with Gasteiger partial charge in [-0.1, -0.05) is 43.2 Å². The van der Waals surface area contributed by atoms with E-state index in [1.54, 1.807) is 28.8 Å². The molecule has 3 aromatic rings. The highest BCUT2D eigenvalue weighted by molar-refractivity contribution is 7.99. The molecule has 0 spiro atoms. The maximum absolute atomic E-state index is 13.9. The van der Waals surface area contributed by atoms with Gasteiger partial charge < -0.3 is 15.2 Å². The molecule has 1 aliphatic heterocycles. The summed E-state index contributed by atoms with van der Waals surface area (Å²) in [6, 6.07) is 14.1. The molecule has 2 N–H and O–H groups in total. The molecule has 1 fully saturated rings. The van der Waals surface area contributed by atoms with Crippen molar-refractivity contribution in [3.05, 3.63) is 65.6 Å². The van der Waals surface area contributed by atoms with E-state index in [9.17, 15) is 14.0 Å². The van der Waals surface area contributed by atoms with E-state index < -0.39 is 5.54 Å². The molecule has 1 saturated carbocycles. The Bertz CT molecular complexity index is 1170. The molecule has 2 aromatic carbocycles. The Morgan fingerprint density at radius 2 is 1.91 bits per heavy atom. The van der Waals surface area contributed by atoms with E-state index in [4.69, 9.17) is 0 Å². The van der Waals surface area contributed by atoms with E-state index in [1.807, 2.05) is 31.2 Å². The van der Waals surface area contributed by atoms with Crippen LogP contribution < -0.4 is 5.32 Å². The van der Waals surface area contributed by atoms with Gasteiger partial charge in [0.1, 0.15) is 17.1 Å². The summed E-state index contributed by atoms with van der Waals surface area (Å²) in [5, 5.41) is 4.19. The van der Waals surface area contributed by atoms with E-state index in [-0.39, 0.29) is 30.2 Å². The van der Waals surface area contributed by atoms with Crippen LogP contribution in [0.3, 0.4) is 0 Å². The largest absolute Gasteiger partial charge is 0.351 e. The number of aromatic amines is 1. The molecule has 5 rings (SSSR count). The summed E-state index contributed by atoms with van der Waals surface area (Å²) >= 11 is 1.54. The number of hydrogen-bond donors (Lipinski definition) is 2. The molecule has 2 amide bonds. The SMILES string of the molecule is CC1(C(=O)NC2CCCC2)CSc2c([nH]c3ccccc23)C(=O)N1Cc1ccc(F)cc1. The second kappa shape index (κ2) is 8.28. The molecular formula is C25H26FN3O2S. The van der Waals surface area contributed by atoms with Gasteiger partial charge in [0.05, 0.1) is 0 Å². The van der Waals surface area contributed by atoms with Crippen molar-refractivity contribution in [2.75, 3.05) is 5.75 Å². The van der Waals surface area contributed by atoms with Crippen LogP contribution >= 0.6 is 11.8 Å². The van der Waals surface area contributed by atoms with Gasteiger partial charge in [-0.3, -0.25) is 9.59 Å². The van der Waals surface area contributed by atoms with E-state index in [2.05, 4.69) is 10.3 Å². The van der Waals surface area contributed by atoms with Crippen LogP contribution in [0.4, 0.5) is 4.39 Å². The maximum Gasteiger partial charge on any atom is 0.272 e. The van der Waals surface area contributed by atoms with Crippen molar-refractivity contribution in [3.8, 4) is 0 Å². The van der Waals surface area contributed by atoms with Crippen LogP contribution in [0.1, 0.15) is 48.7 Å². The molecule has 5 nitrogen and oxygen atoms in total. The lowest BCUT2D eigenvalue weighted by atomic mass is 9.98. The first-order chi connectivity index (χ1) is 15.5. The van der Waals surface area contributed by atoms with Gasteiger partial charge >= 0.3 is 0 Å². The minimum atomic E-state index is -1.04. The second-order valence-corrected chi connectivity index (χ2v) is 9.90. The fraction of sp³-hybridized carbons (Fsp3) is 0.360. The van der Waals surface area contributed by atoms with Crippen LogP contribution in [0.15, 0.2) is 53.4 Å². The highest BCUT2D eigenvalue weighted by atomic mass is 32.2. The number of aromatic nitrogens is 1. The second-order valence-electron chi connectivity index (χ2n) is 8.91. The van der Waals surface area contributed by atoms with Gasteiger partial charge in [0.25, 0.3) is 5.91 Å². The fourth-order valence-electron chi connectivity index (χ4n) is 4.68. The average Bonchev–Trinajstić information content (AvgIpc) is 3.42. The molecule has 2 aliphatic rings. The van der Waals surface area contributed by atoms with Crippen LogP contribution in [0.5, 0.6) is 0 Å².